The monoisotopic (exact) mass is 266 g/mol. The van der Waals surface area contributed by atoms with Gasteiger partial charge in [-0.05, 0) is 38.1 Å². The summed E-state index contributed by atoms with van der Waals surface area (Å²) in [5, 5.41) is 3.71. The fourth-order valence-corrected chi connectivity index (χ4v) is 3.62. The van der Waals surface area contributed by atoms with E-state index in [2.05, 4.69) is 17.2 Å². The minimum absolute atomic E-state index is 0.658. The Labute approximate surface area is 115 Å². The quantitative estimate of drug-likeness (QED) is 0.768. The van der Waals surface area contributed by atoms with E-state index in [9.17, 15) is 0 Å². The summed E-state index contributed by atoms with van der Waals surface area (Å²) >= 11 is 1.79. The molecule has 1 aromatic rings. The van der Waals surface area contributed by atoms with Crippen LogP contribution in [0.1, 0.15) is 56.7 Å². The van der Waals surface area contributed by atoms with Crippen LogP contribution >= 0.6 is 11.3 Å². The summed E-state index contributed by atoms with van der Waals surface area (Å²) in [6.07, 6.45) is 13.0. The topological polar surface area (TPSA) is 24.9 Å². The summed E-state index contributed by atoms with van der Waals surface area (Å²) in [4.78, 5) is 5.61. The Kier molecular flexibility index (Phi) is 6.15. The highest BCUT2D eigenvalue weighted by Gasteiger charge is 2.17. The highest BCUT2D eigenvalue weighted by atomic mass is 32.1. The van der Waals surface area contributed by atoms with E-state index in [1.54, 1.807) is 11.3 Å². The number of thiazole rings is 1. The molecule has 1 saturated carbocycles. The van der Waals surface area contributed by atoms with Gasteiger partial charge in [0.05, 0.1) is 5.51 Å². The second-order valence-electron chi connectivity index (χ2n) is 5.55. The van der Waals surface area contributed by atoms with Crippen molar-refractivity contribution < 1.29 is 0 Å². The minimum Gasteiger partial charge on any atom is -0.314 e. The molecular weight excluding hydrogens is 240 g/mol. The largest absolute Gasteiger partial charge is 0.314 e. The zero-order valence-electron chi connectivity index (χ0n) is 11.5. The number of nitrogens with one attached hydrogen (secondary N) is 1. The van der Waals surface area contributed by atoms with Crippen molar-refractivity contribution in [2.45, 2.75) is 64.3 Å². The predicted molar refractivity (Wildman–Crippen MR) is 79.1 cm³/mol. The maximum absolute atomic E-state index is 4.18. The molecule has 1 aromatic heterocycles. The van der Waals surface area contributed by atoms with Gasteiger partial charge in [-0.2, -0.15) is 0 Å². The third-order valence-corrected chi connectivity index (χ3v) is 4.81. The summed E-state index contributed by atoms with van der Waals surface area (Å²) in [5.74, 6) is 1.01. The molecule has 2 rings (SSSR count). The molecule has 0 aromatic carbocycles. The SMILES string of the molecule is CCCNC(CCC1CCCC1)Cc1cncs1. The average molecular weight is 266 g/mol. The van der Waals surface area contributed by atoms with Gasteiger partial charge in [0.25, 0.3) is 0 Å². The summed E-state index contributed by atoms with van der Waals surface area (Å²) in [6.45, 7) is 3.39. The van der Waals surface area contributed by atoms with Crippen LogP contribution in [0.5, 0.6) is 0 Å². The molecule has 1 atom stereocenters. The van der Waals surface area contributed by atoms with Gasteiger partial charge in [-0.15, -0.1) is 11.3 Å². The Hall–Kier alpha value is -0.410. The van der Waals surface area contributed by atoms with E-state index in [0.717, 1.165) is 18.9 Å². The van der Waals surface area contributed by atoms with Crippen molar-refractivity contribution in [3.63, 3.8) is 0 Å². The second kappa shape index (κ2) is 7.90. The normalized spacial score (nSPS) is 18.3. The first-order chi connectivity index (χ1) is 8.88. The van der Waals surface area contributed by atoms with Crippen molar-refractivity contribution in [2.24, 2.45) is 5.92 Å². The molecule has 102 valence electrons. The number of hydrogen-bond acceptors (Lipinski definition) is 3. The zero-order valence-corrected chi connectivity index (χ0v) is 12.3. The van der Waals surface area contributed by atoms with Gasteiger partial charge in [-0.3, -0.25) is 4.98 Å². The van der Waals surface area contributed by atoms with E-state index < -0.39 is 0 Å². The Balaban J connectivity index is 1.76. The lowest BCUT2D eigenvalue weighted by Crippen LogP contribution is -2.32. The van der Waals surface area contributed by atoms with Crippen molar-refractivity contribution in [3.8, 4) is 0 Å². The molecule has 1 unspecified atom stereocenters. The first-order valence-electron chi connectivity index (χ1n) is 7.49. The van der Waals surface area contributed by atoms with E-state index in [-0.39, 0.29) is 0 Å². The molecule has 3 heteroatoms. The van der Waals surface area contributed by atoms with Crippen LogP contribution in [0.2, 0.25) is 0 Å². The molecule has 0 bridgehead atoms. The lowest BCUT2D eigenvalue weighted by Gasteiger charge is -2.19. The average Bonchev–Trinajstić information content (AvgIpc) is 3.05. The van der Waals surface area contributed by atoms with E-state index in [1.165, 1.54) is 49.8 Å². The van der Waals surface area contributed by atoms with Gasteiger partial charge in [-0.1, -0.05) is 32.6 Å². The summed E-state index contributed by atoms with van der Waals surface area (Å²) < 4.78 is 0. The van der Waals surface area contributed by atoms with Crippen LogP contribution in [0.4, 0.5) is 0 Å². The molecule has 0 amide bonds. The summed E-state index contributed by atoms with van der Waals surface area (Å²) in [5.41, 5.74) is 1.95. The number of aromatic nitrogens is 1. The Morgan fingerprint density at radius 1 is 1.44 bits per heavy atom. The predicted octanol–water partition coefficient (Wildman–Crippen LogP) is 4.02. The third-order valence-electron chi connectivity index (χ3n) is 4.01. The highest BCUT2D eigenvalue weighted by Crippen LogP contribution is 2.29. The fraction of sp³-hybridized carbons (Fsp3) is 0.800. The number of nitrogens with zero attached hydrogens (tertiary/aromatic N) is 1. The van der Waals surface area contributed by atoms with Crippen molar-refractivity contribution in [3.05, 3.63) is 16.6 Å². The molecule has 0 saturated heterocycles. The molecule has 1 heterocycles. The summed E-state index contributed by atoms with van der Waals surface area (Å²) in [7, 11) is 0. The second-order valence-corrected chi connectivity index (χ2v) is 6.52. The Morgan fingerprint density at radius 3 is 2.94 bits per heavy atom. The fourth-order valence-electron chi connectivity index (χ4n) is 2.95. The van der Waals surface area contributed by atoms with Crippen LogP contribution in [0, 0.1) is 5.92 Å². The standard InChI is InChI=1S/C15H26N2S/c1-2-9-17-14(10-15-11-16-12-18-15)8-7-13-5-3-4-6-13/h11-14,17H,2-10H2,1H3. The minimum atomic E-state index is 0.658. The van der Waals surface area contributed by atoms with Crippen molar-refractivity contribution in [2.75, 3.05) is 6.54 Å². The van der Waals surface area contributed by atoms with Crippen LogP contribution in [0.25, 0.3) is 0 Å². The molecule has 18 heavy (non-hydrogen) atoms. The first-order valence-corrected chi connectivity index (χ1v) is 8.37. The van der Waals surface area contributed by atoms with Crippen LogP contribution in [0.15, 0.2) is 11.7 Å². The Bertz CT molecular complexity index is 304. The molecule has 1 N–H and O–H groups in total. The number of rotatable bonds is 8. The van der Waals surface area contributed by atoms with Crippen molar-refractivity contribution in [1.82, 2.24) is 10.3 Å². The third kappa shape index (κ3) is 4.69. The number of hydrogen-bond donors (Lipinski definition) is 1. The molecule has 0 radical (unpaired) electrons. The van der Waals surface area contributed by atoms with Crippen LogP contribution in [0.3, 0.4) is 0 Å². The van der Waals surface area contributed by atoms with Crippen molar-refractivity contribution >= 4 is 11.3 Å². The van der Waals surface area contributed by atoms with E-state index in [4.69, 9.17) is 0 Å². The smallest absolute Gasteiger partial charge is 0.0794 e. The molecule has 0 spiro atoms. The van der Waals surface area contributed by atoms with Gasteiger partial charge in [-0.25, -0.2) is 0 Å². The van der Waals surface area contributed by atoms with Gasteiger partial charge < -0.3 is 5.32 Å². The highest BCUT2D eigenvalue weighted by molar-refractivity contribution is 7.09. The van der Waals surface area contributed by atoms with E-state index in [1.807, 2.05) is 11.7 Å². The maximum atomic E-state index is 4.18. The lowest BCUT2D eigenvalue weighted by atomic mass is 9.97. The van der Waals surface area contributed by atoms with Gasteiger partial charge >= 0.3 is 0 Å². The molecule has 1 aliphatic carbocycles. The lowest BCUT2D eigenvalue weighted by molar-refractivity contribution is 0.403. The van der Waals surface area contributed by atoms with Gasteiger partial charge in [0.15, 0.2) is 0 Å². The Morgan fingerprint density at radius 2 is 2.28 bits per heavy atom. The van der Waals surface area contributed by atoms with Crippen LogP contribution < -0.4 is 5.32 Å². The van der Waals surface area contributed by atoms with Gasteiger partial charge in [0.2, 0.25) is 0 Å². The van der Waals surface area contributed by atoms with E-state index >= 15 is 0 Å². The van der Waals surface area contributed by atoms with Gasteiger partial charge in [0, 0.05) is 17.1 Å². The molecule has 1 aliphatic rings. The maximum Gasteiger partial charge on any atom is 0.0794 e. The molecule has 2 nitrogen and oxygen atoms in total. The van der Waals surface area contributed by atoms with Gasteiger partial charge in [0.1, 0.15) is 0 Å². The van der Waals surface area contributed by atoms with Crippen molar-refractivity contribution in [1.29, 1.82) is 0 Å². The first kappa shape index (κ1) is 14.0. The van der Waals surface area contributed by atoms with E-state index in [0.29, 0.717) is 6.04 Å². The molecule has 0 aliphatic heterocycles. The molecular formula is C15H26N2S. The van der Waals surface area contributed by atoms with Crippen LogP contribution in [-0.2, 0) is 6.42 Å². The van der Waals surface area contributed by atoms with Crippen LogP contribution in [-0.4, -0.2) is 17.6 Å². The molecule has 1 fully saturated rings. The summed E-state index contributed by atoms with van der Waals surface area (Å²) in [6, 6.07) is 0.658. The zero-order chi connectivity index (χ0) is 12.6.